The molecule has 5 heteroatoms. The zero-order valence-electron chi connectivity index (χ0n) is 13.3. The molecule has 1 atom stereocenters. The van der Waals surface area contributed by atoms with E-state index in [0.717, 1.165) is 19.4 Å². The highest BCUT2D eigenvalue weighted by Crippen LogP contribution is 2.16. The number of likely N-dealkylation sites (tertiary alicyclic amines) is 1. The fourth-order valence-corrected chi connectivity index (χ4v) is 2.68. The van der Waals surface area contributed by atoms with Crippen molar-refractivity contribution >= 4 is 17.6 Å². The van der Waals surface area contributed by atoms with Gasteiger partial charge in [-0.1, -0.05) is 6.42 Å². The van der Waals surface area contributed by atoms with E-state index >= 15 is 0 Å². The average Bonchev–Trinajstić information content (AvgIpc) is 2.50. The molecule has 120 valence electrons. The van der Waals surface area contributed by atoms with E-state index in [-0.39, 0.29) is 11.9 Å². The average molecular weight is 304 g/mol. The molecule has 1 aliphatic rings. The van der Waals surface area contributed by atoms with E-state index < -0.39 is 0 Å². The van der Waals surface area contributed by atoms with Gasteiger partial charge in [0.15, 0.2) is 0 Å². The molecule has 1 fully saturated rings. The van der Waals surface area contributed by atoms with Gasteiger partial charge in [0.25, 0.3) is 0 Å². The number of hydrogen-bond acceptors (Lipinski definition) is 4. The van der Waals surface area contributed by atoms with Crippen molar-refractivity contribution in [2.24, 2.45) is 0 Å². The summed E-state index contributed by atoms with van der Waals surface area (Å²) in [6.45, 7) is 5.69. The predicted octanol–water partition coefficient (Wildman–Crippen LogP) is 2.68. The predicted molar refractivity (Wildman–Crippen MR) is 85.9 cm³/mol. The summed E-state index contributed by atoms with van der Waals surface area (Å²) in [5.41, 5.74) is 1.19. The molecule has 0 aliphatic carbocycles. The summed E-state index contributed by atoms with van der Waals surface area (Å²) in [6, 6.07) is 7.24. The number of esters is 1. The Bertz CT molecular complexity index is 513. The largest absolute Gasteiger partial charge is 0.462 e. The van der Waals surface area contributed by atoms with E-state index in [1.165, 1.54) is 6.42 Å². The van der Waals surface area contributed by atoms with Crippen LogP contribution in [-0.4, -0.2) is 42.5 Å². The Morgan fingerprint density at radius 3 is 2.64 bits per heavy atom. The second-order valence-corrected chi connectivity index (χ2v) is 5.66. The second-order valence-electron chi connectivity index (χ2n) is 5.66. The monoisotopic (exact) mass is 304 g/mol. The lowest BCUT2D eigenvalue weighted by Crippen LogP contribution is -2.42. The molecule has 1 aromatic rings. The lowest BCUT2D eigenvalue weighted by molar-refractivity contribution is -0.118. The molecule has 1 aromatic carbocycles. The lowest BCUT2D eigenvalue weighted by Gasteiger charge is -2.32. The molecule has 22 heavy (non-hydrogen) atoms. The van der Waals surface area contributed by atoms with Crippen LogP contribution in [0.2, 0.25) is 0 Å². The fourth-order valence-electron chi connectivity index (χ4n) is 2.68. The van der Waals surface area contributed by atoms with Gasteiger partial charge < -0.3 is 10.1 Å². The van der Waals surface area contributed by atoms with E-state index in [4.69, 9.17) is 4.74 Å². The van der Waals surface area contributed by atoms with Crippen LogP contribution in [0.5, 0.6) is 0 Å². The number of amides is 1. The van der Waals surface area contributed by atoms with Gasteiger partial charge in [-0.15, -0.1) is 0 Å². The first-order valence-corrected chi connectivity index (χ1v) is 7.91. The van der Waals surface area contributed by atoms with Crippen molar-refractivity contribution in [3.63, 3.8) is 0 Å². The number of benzene rings is 1. The van der Waals surface area contributed by atoms with Crippen LogP contribution in [0.1, 0.15) is 43.5 Å². The summed E-state index contributed by atoms with van der Waals surface area (Å²) in [7, 11) is 0. The number of carbonyl (C=O) groups is 2. The molecule has 0 aromatic heterocycles. The second kappa shape index (κ2) is 7.94. The van der Waals surface area contributed by atoms with Gasteiger partial charge in [0, 0.05) is 11.7 Å². The zero-order valence-corrected chi connectivity index (χ0v) is 13.3. The first-order chi connectivity index (χ1) is 10.6. The maximum absolute atomic E-state index is 12.1. The Kier molecular flexibility index (Phi) is 5.95. The van der Waals surface area contributed by atoms with Crippen molar-refractivity contribution in [2.45, 2.75) is 39.2 Å². The summed E-state index contributed by atoms with van der Waals surface area (Å²) >= 11 is 0. The molecular weight excluding hydrogens is 280 g/mol. The minimum absolute atomic E-state index is 0.0161. The number of ether oxygens (including phenoxy) is 1. The Labute approximate surface area is 131 Å². The molecule has 0 bridgehead atoms. The van der Waals surface area contributed by atoms with Crippen molar-refractivity contribution in [3.8, 4) is 0 Å². The Hall–Kier alpha value is -1.88. The number of nitrogens with zero attached hydrogens (tertiary/aromatic N) is 1. The highest BCUT2D eigenvalue weighted by atomic mass is 16.5. The van der Waals surface area contributed by atoms with Crippen LogP contribution in [0.3, 0.4) is 0 Å². The number of piperidine rings is 1. The summed E-state index contributed by atoms with van der Waals surface area (Å²) in [6.07, 6.45) is 3.56. The van der Waals surface area contributed by atoms with E-state index in [0.29, 0.717) is 30.4 Å². The Morgan fingerprint density at radius 1 is 1.27 bits per heavy atom. The first kappa shape index (κ1) is 16.5. The molecule has 0 saturated carbocycles. The Balaban J connectivity index is 1.87. The highest BCUT2D eigenvalue weighted by Gasteiger charge is 2.20. The van der Waals surface area contributed by atoms with Gasteiger partial charge in [-0.05, 0) is 57.5 Å². The van der Waals surface area contributed by atoms with E-state index in [1.807, 2.05) is 0 Å². The van der Waals surface area contributed by atoms with E-state index in [1.54, 1.807) is 31.2 Å². The van der Waals surface area contributed by atoms with Crippen LogP contribution in [0.4, 0.5) is 5.69 Å². The molecule has 1 aliphatic heterocycles. The quantitative estimate of drug-likeness (QED) is 0.850. The molecule has 5 nitrogen and oxygen atoms in total. The Morgan fingerprint density at radius 2 is 2.00 bits per heavy atom. The third-order valence-electron chi connectivity index (χ3n) is 3.97. The van der Waals surface area contributed by atoms with Crippen molar-refractivity contribution in [1.29, 1.82) is 0 Å². The van der Waals surface area contributed by atoms with Gasteiger partial charge in [-0.25, -0.2) is 4.79 Å². The standard InChI is InChI=1S/C17H24N2O3/c1-3-22-17(21)14-7-9-15(10-8-14)18-16(20)12-19-11-5-4-6-13(19)2/h7-10,13H,3-6,11-12H2,1-2H3,(H,18,20). The smallest absolute Gasteiger partial charge is 0.338 e. The van der Waals surface area contributed by atoms with Crippen molar-refractivity contribution in [2.75, 3.05) is 25.0 Å². The van der Waals surface area contributed by atoms with Gasteiger partial charge in [-0.2, -0.15) is 0 Å². The summed E-state index contributed by atoms with van der Waals surface area (Å²) in [5, 5.41) is 2.88. The third-order valence-corrected chi connectivity index (χ3v) is 3.97. The molecular formula is C17H24N2O3. The summed E-state index contributed by atoms with van der Waals surface area (Å²) in [5.74, 6) is -0.361. The van der Waals surface area contributed by atoms with Crippen LogP contribution in [0.15, 0.2) is 24.3 Å². The highest BCUT2D eigenvalue weighted by molar-refractivity contribution is 5.94. The maximum atomic E-state index is 12.1. The van der Waals surface area contributed by atoms with Crippen molar-refractivity contribution in [1.82, 2.24) is 4.90 Å². The minimum Gasteiger partial charge on any atom is -0.462 e. The first-order valence-electron chi connectivity index (χ1n) is 7.91. The lowest BCUT2D eigenvalue weighted by atomic mass is 10.0. The number of rotatable bonds is 5. The molecule has 1 amide bonds. The molecule has 1 N–H and O–H groups in total. The number of nitrogens with one attached hydrogen (secondary N) is 1. The third kappa shape index (κ3) is 4.56. The van der Waals surface area contributed by atoms with Crippen LogP contribution in [0.25, 0.3) is 0 Å². The van der Waals surface area contributed by atoms with Gasteiger partial charge in [0.2, 0.25) is 5.91 Å². The van der Waals surface area contributed by atoms with Gasteiger partial charge >= 0.3 is 5.97 Å². The number of anilines is 1. The molecule has 1 unspecified atom stereocenters. The van der Waals surface area contributed by atoms with Gasteiger partial charge in [0.05, 0.1) is 18.7 Å². The van der Waals surface area contributed by atoms with Crippen LogP contribution < -0.4 is 5.32 Å². The zero-order chi connectivity index (χ0) is 15.9. The minimum atomic E-state index is -0.345. The molecule has 2 rings (SSSR count). The normalized spacial score (nSPS) is 18.7. The summed E-state index contributed by atoms with van der Waals surface area (Å²) in [4.78, 5) is 25.9. The molecule has 0 radical (unpaired) electrons. The topological polar surface area (TPSA) is 58.6 Å². The maximum Gasteiger partial charge on any atom is 0.338 e. The summed E-state index contributed by atoms with van der Waals surface area (Å²) < 4.78 is 4.93. The van der Waals surface area contributed by atoms with Crippen molar-refractivity contribution < 1.29 is 14.3 Å². The number of carbonyl (C=O) groups excluding carboxylic acids is 2. The van der Waals surface area contributed by atoms with Gasteiger partial charge in [-0.3, -0.25) is 9.69 Å². The van der Waals surface area contributed by atoms with Crippen molar-refractivity contribution in [3.05, 3.63) is 29.8 Å². The number of hydrogen-bond donors (Lipinski definition) is 1. The molecule has 0 spiro atoms. The van der Waals surface area contributed by atoms with E-state index in [2.05, 4.69) is 17.1 Å². The molecule has 1 heterocycles. The van der Waals surface area contributed by atoms with Gasteiger partial charge in [0.1, 0.15) is 0 Å². The van der Waals surface area contributed by atoms with Crippen LogP contribution in [-0.2, 0) is 9.53 Å². The molecule has 1 saturated heterocycles. The van der Waals surface area contributed by atoms with Crippen LogP contribution in [0, 0.1) is 0 Å². The van der Waals surface area contributed by atoms with Crippen LogP contribution >= 0.6 is 0 Å². The van der Waals surface area contributed by atoms with E-state index in [9.17, 15) is 9.59 Å². The fraction of sp³-hybridized carbons (Fsp3) is 0.529. The SMILES string of the molecule is CCOC(=O)c1ccc(NC(=O)CN2CCCCC2C)cc1.